The van der Waals surface area contributed by atoms with Gasteiger partial charge >= 0.3 is 6.09 Å². The van der Waals surface area contributed by atoms with Crippen molar-refractivity contribution in [2.75, 3.05) is 18.9 Å². The van der Waals surface area contributed by atoms with Gasteiger partial charge in [-0.25, -0.2) is 4.79 Å². The van der Waals surface area contributed by atoms with Crippen LogP contribution < -0.4 is 10.6 Å². The van der Waals surface area contributed by atoms with Crippen LogP contribution in [0.2, 0.25) is 0 Å². The van der Waals surface area contributed by atoms with E-state index in [1.165, 1.54) is 0 Å². The molecule has 3 N–H and O–H groups in total. The lowest BCUT2D eigenvalue weighted by molar-refractivity contribution is 0.0636. The molecule has 0 aliphatic carbocycles. The Morgan fingerprint density at radius 3 is 2.37 bits per heavy atom. The number of ether oxygens (including phenoxy) is 1. The molecule has 5 nitrogen and oxygen atoms in total. The Balaban J connectivity index is 2.59. The van der Waals surface area contributed by atoms with Gasteiger partial charge in [0.15, 0.2) is 0 Å². The highest BCUT2D eigenvalue weighted by molar-refractivity contribution is 5.84. The SMILES string of the molecule is CNCC(O)c1ccc(NC(=O)OC(C)(C)C)cc1. The summed E-state index contributed by atoms with van der Waals surface area (Å²) >= 11 is 0. The Morgan fingerprint density at radius 2 is 1.89 bits per heavy atom. The van der Waals surface area contributed by atoms with Crippen LogP contribution in [0.25, 0.3) is 0 Å². The van der Waals surface area contributed by atoms with Crippen molar-refractivity contribution < 1.29 is 14.6 Å². The molecule has 0 fully saturated rings. The van der Waals surface area contributed by atoms with Crippen LogP contribution in [0.3, 0.4) is 0 Å². The lowest BCUT2D eigenvalue weighted by Crippen LogP contribution is -2.27. The maximum absolute atomic E-state index is 11.6. The first-order chi connectivity index (χ1) is 8.81. The lowest BCUT2D eigenvalue weighted by Gasteiger charge is -2.19. The van der Waals surface area contributed by atoms with Crippen LogP contribution in [0.4, 0.5) is 10.5 Å². The van der Waals surface area contributed by atoms with Gasteiger partial charge in [0.1, 0.15) is 5.60 Å². The molecule has 1 rings (SSSR count). The van der Waals surface area contributed by atoms with Crippen molar-refractivity contribution in [3.63, 3.8) is 0 Å². The van der Waals surface area contributed by atoms with Crippen LogP contribution in [-0.4, -0.2) is 30.4 Å². The molecular formula is C14H22N2O3. The van der Waals surface area contributed by atoms with E-state index in [0.29, 0.717) is 12.2 Å². The highest BCUT2D eigenvalue weighted by Gasteiger charge is 2.16. The summed E-state index contributed by atoms with van der Waals surface area (Å²) < 4.78 is 5.15. The van der Waals surface area contributed by atoms with E-state index in [4.69, 9.17) is 4.74 Å². The molecule has 1 atom stereocenters. The van der Waals surface area contributed by atoms with Gasteiger partial charge in [0, 0.05) is 12.2 Å². The van der Waals surface area contributed by atoms with Gasteiger partial charge in [-0.15, -0.1) is 0 Å². The van der Waals surface area contributed by atoms with Gasteiger partial charge < -0.3 is 15.2 Å². The van der Waals surface area contributed by atoms with E-state index in [-0.39, 0.29) is 0 Å². The van der Waals surface area contributed by atoms with Crippen LogP contribution in [-0.2, 0) is 4.74 Å². The summed E-state index contributed by atoms with van der Waals surface area (Å²) in [6, 6.07) is 7.01. The molecule has 0 saturated heterocycles. The zero-order chi connectivity index (χ0) is 14.5. The van der Waals surface area contributed by atoms with E-state index in [1.54, 1.807) is 31.3 Å². The zero-order valence-corrected chi connectivity index (χ0v) is 11.9. The average Bonchev–Trinajstić information content (AvgIpc) is 2.27. The molecule has 0 heterocycles. The second-order valence-corrected chi connectivity index (χ2v) is 5.32. The normalized spacial score (nSPS) is 12.9. The van der Waals surface area contributed by atoms with Gasteiger partial charge in [-0.1, -0.05) is 12.1 Å². The van der Waals surface area contributed by atoms with Crippen LogP contribution in [0.5, 0.6) is 0 Å². The van der Waals surface area contributed by atoms with Crippen molar-refractivity contribution in [2.45, 2.75) is 32.5 Å². The third-order valence-corrected chi connectivity index (χ3v) is 2.34. The smallest absolute Gasteiger partial charge is 0.412 e. The monoisotopic (exact) mass is 266 g/mol. The quantitative estimate of drug-likeness (QED) is 0.782. The first-order valence-electron chi connectivity index (χ1n) is 6.24. The summed E-state index contributed by atoms with van der Waals surface area (Å²) in [5.41, 5.74) is 0.909. The fourth-order valence-corrected chi connectivity index (χ4v) is 1.52. The Morgan fingerprint density at radius 1 is 1.32 bits per heavy atom. The van der Waals surface area contributed by atoms with Crippen LogP contribution in [0.15, 0.2) is 24.3 Å². The Hall–Kier alpha value is -1.59. The summed E-state index contributed by atoms with van der Waals surface area (Å²) in [5, 5.41) is 15.3. The summed E-state index contributed by atoms with van der Waals surface area (Å²) in [4.78, 5) is 11.6. The number of likely N-dealkylation sites (N-methyl/N-ethyl adjacent to an activating group) is 1. The van der Waals surface area contributed by atoms with Crippen molar-refractivity contribution in [2.24, 2.45) is 0 Å². The molecular weight excluding hydrogens is 244 g/mol. The standard InChI is InChI=1S/C14H22N2O3/c1-14(2,3)19-13(18)16-11-7-5-10(6-8-11)12(17)9-15-4/h5-8,12,15,17H,9H2,1-4H3,(H,16,18). The molecule has 1 amide bonds. The highest BCUT2D eigenvalue weighted by Crippen LogP contribution is 2.16. The second-order valence-electron chi connectivity index (χ2n) is 5.32. The number of hydrogen-bond acceptors (Lipinski definition) is 4. The van der Waals surface area contributed by atoms with Crippen molar-refractivity contribution in [1.82, 2.24) is 5.32 Å². The fraction of sp³-hybridized carbons (Fsp3) is 0.500. The molecule has 0 spiro atoms. The molecule has 1 aromatic carbocycles. The number of nitrogens with one attached hydrogen (secondary N) is 2. The number of aliphatic hydroxyl groups is 1. The molecule has 106 valence electrons. The van der Waals surface area contributed by atoms with Crippen molar-refractivity contribution in [3.05, 3.63) is 29.8 Å². The molecule has 5 heteroatoms. The van der Waals surface area contributed by atoms with Gasteiger partial charge in [0.05, 0.1) is 6.10 Å². The first-order valence-corrected chi connectivity index (χ1v) is 6.24. The number of aliphatic hydroxyl groups excluding tert-OH is 1. The number of carbonyl (C=O) groups excluding carboxylic acids is 1. The van der Waals surface area contributed by atoms with Gasteiger partial charge in [0.2, 0.25) is 0 Å². The Labute approximate surface area is 114 Å². The van der Waals surface area contributed by atoms with Crippen molar-refractivity contribution in [3.8, 4) is 0 Å². The number of carbonyl (C=O) groups is 1. The third kappa shape index (κ3) is 5.72. The van der Waals surface area contributed by atoms with Gasteiger partial charge in [0.25, 0.3) is 0 Å². The summed E-state index contributed by atoms with van der Waals surface area (Å²) in [6.45, 7) is 5.91. The minimum Gasteiger partial charge on any atom is -0.444 e. The molecule has 0 aromatic heterocycles. The Bertz CT molecular complexity index is 410. The largest absolute Gasteiger partial charge is 0.444 e. The number of benzene rings is 1. The predicted octanol–water partition coefficient (Wildman–Crippen LogP) is 2.29. The summed E-state index contributed by atoms with van der Waals surface area (Å²) in [5.74, 6) is 0. The minimum absolute atomic E-state index is 0.485. The zero-order valence-electron chi connectivity index (χ0n) is 11.9. The molecule has 0 bridgehead atoms. The van der Waals surface area contributed by atoms with E-state index >= 15 is 0 Å². The van der Waals surface area contributed by atoms with Gasteiger partial charge in [-0.2, -0.15) is 0 Å². The predicted molar refractivity (Wildman–Crippen MR) is 75.2 cm³/mol. The van der Waals surface area contributed by atoms with Gasteiger partial charge in [-0.3, -0.25) is 5.32 Å². The molecule has 19 heavy (non-hydrogen) atoms. The lowest BCUT2D eigenvalue weighted by atomic mass is 10.1. The van der Waals surface area contributed by atoms with E-state index in [0.717, 1.165) is 5.56 Å². The molecule has 0 aliphatic rings. The molecule has 0 radical (unpaired) electrons. The molecule has 0 aliphatic heterocycles. The fourth-order valence-electron chi connectivity index (χ4n) is 1.52. The first kappa shape index (κ1) is 15.5. The maximum Gasteiger partial charge on any atom is 0.412 e. The topological polar surface area (TPSA) is 70.6 Å². The molecule has 1 aromatic rings. The average molecular weight is 266 g/mol. The van der Waals surface area contributed by atoms with Crippen LogP contribution >= 0.6 is 0 Å². The van der Waals surface area contributed by atoms with Crippen LogP contribution in [0.1, 0.15) is 32.4 Å². The molecule has 1 unspecified atom stereocenters. The number of anilines is 1. The third-order valence-electron chi connectivity index (χ3n) is 2.34. The second kappa shape index (κ2) is 6.54. The van der Waals surface area contributed by atoms with E-state index in [1.807, 2.05) is 20.8 Å². The van der Waals surface area contributed by atoms with Crippen molar-refractivity contribution in [1.29, 1.82) is 0 Å². The minimum atomic E-state index is -0.555. The van der Waals surface area contributed by atoms with E-state index < -0.39 is 17.8 Å². The van der Waals surface area contributed by atoms with Gasteiger partial charge in [-0.05, 0) is 45.5 Å². The molecule has 0 saturated carbocycles. The van der Waals surface area contributed by atoms with E-state index in [2.05, 4.69) is 10.6 Å². The number of amides is 1. The highest BCUT2D eigenvalue weighted by atomic mass is 16.6. The van der Waals surface area contributed by atoms with Crippen molar-refractivity contribution >= 4 is 11.8 Å². The Kier molecular flexibility index (Phi) is 5.32. The van der Waals surface area contributed by atoms with E-state index in [9.17, 15) is 9.90 Å². The number of hydrogen-bond donors (Lipinski definition) is 3. The number of rotatable bonds is 4. The van der Waals surface area contributed by atoms with Crippen LogP contribution in [0, 0.1) is 0 Å². The maximum atomic E-state index is 11.6. The summed E-state index contributed by atoms with van der Waals surface area (Å²) in [7, 11) is 1.78. The summed E-state index contributed by atoms with van der Waals surface area (Å²) in [6.07, 6.45) is -1.04.